The highest BCUT2D eigenvalue weighted by Gasteiger charge is 2.22. The number of benzene rings is 1. The Labute approximate surface area is 137 Å². The number of nitro groups is 1. The summed E-state index contributed by atoms with van der Waals surface area (Å²) in [5.41, 5.74) is 1.96. The van der Waals surface area contributed by atoms with Gasteiger partial charge in [-0.25, -0.2) is 0 Å². The lowest BCUT2D eigenvalue weighted by Gasteiger charge is -2.14. The molecule has 2 rings (SSSR count). The van der Waals surface area contributed by atoms with Crippen molar-refractivity contribution in [1.29, 1.82) is 0 Å². The summed E-state index contributed by atoms with van der Waals surface area (Å²) < 4.78 is 0.00935. The molecule has 1 amide bonds. The minimum atomic E-state index is -0.595. The van der Waals surface area contributed by atoms with Crippen LogP contribution >= 0.6 is 22.9 Å². The van der Waals surface area contributed by atoms with Crippen LogP contribution in [0.1, 0.15) is 40.7 Å². The zero-order chi connectivity index (χ0) is 16.3. The van der Waals surface area contributed by atoms with Gasteiger partial charge in [0, 0.05) is 6.07 Å². The fraction of sp³-hybridized carbons (Fsp3) is 0.267. The summed E-state index contributed by atoms with van der Waals surface area (Å²) in [6, 6.07) is 8.98. The van der Waals surface area contributed by atoms with Gasteiger partial charge in [-0.05, 0) is 24.5 Å². The van der Waals surface area contributed by atoms with Crippen LogP contribution in [0, 0.1) is 10.1 Å². The smallest absolute Gasteiger partial charge is 0.299 e. The molecule has 0 aliphatic heterocycles. The zero-order valence-electron chi connectivity index (χ0n) is 12.1. The summed E-state index contributed by atoms with van der Waals surface area (Å²) in [5, 5.41) is 13.6. The Morgan fingerprint density at radius 2 is 2.05 bits per heavy atom. The van der Waals surface area contributed by atoms with Crippen molar-refractivity contribution in [3.8, 4) is 0 Å². The monoisotopic (exact) mass is 338 g/mol. The number of halogens is 1. The molecule has 116 valence electrons. The molecule has 0 radical (unpaired) electrons. The molecule has 22 heavy (non-hydrogen) atoms. The molecule has 1 N–H and O–H groups in total. The fourth-order valence-corrected chi connectivity index (χ4v) is 3.11. The van der Waals surface area contributed by atoms with Crippen LogP contribution in [-0.2, 0) is 6.42 Å². The van der Waals surface area contributed by atoms with Crippen molar-refractivity contribution < 1.29 is 9.72 Å². The lowest BCUT2D eigenvalue weighted by atomic mass is 10.0. The molecular formula is C15H15ClN2O3S. The van der Waals surface area contributed by atoms with Gasteiger partial charge in [0.25, 0.3) is 11.6 Å². The van der Waals surface area contributed by atoms with Crippen LogP contribution in [0.5, 0.6) is 0 Å². The quantitative estimate of drug-likeness (QED) is 0.650. The molecule has 1 heterocycles. The number of thiophene rings is 1. The third-order valence-corrected chi connectivity index (χ3v) is 4.66. The highest BCUT2D eigenvalue weighted by molar-refractivity contribution is 7.18. The average molecular weight is 339 g/mol. The Morgan fingerprint density at radius 1 is 1.41 bits per heavy atom. The number of hydrogen-bond acceptors (Lipinski definition) is 4. The first-order valence-corrected chi connectivity index (χ1v) is 7.95. The Morgan fingerprint density at radius 3 is 2.55 bits per heavy atom. The van der Waals surface area contributed by atoms with Gasteiger partial charge in [-0.2, -0.15) is 0 Å². The summed E-state index contributed by atoms with van der Waals surface area (Å²) in [5.74, 6) is -0.368. The highest BCUT2D eigenvalue weighted by Crippen LogP contribution is 2.33. The van der Waals surface area contributed by atoms with E-state index in [0.717, 1.165) is 23.3 Å². The van der Waals surface area contributed by atoms with Crippen LogP contribution in [0.3, 0.4) is 0 Å². The van der Waals surface area contributed by atoms with E-state index in [1.165, 1.54) is 11.6 Å². The highest BCUT2D eigenvalue weighted by atomic mass is 35.5. The summed E-state index contributed by atoms with van der Waals surface area (Å²) in [7, 11) is 0. The van der Waals surface area contributed by atoms with Crippen molar-refractivity contribution in [1.82, 2.24) is 5.32 Å². The van der Waals surface area contributed by atoms with E-state index < -0.39 is 4.92 Å². The van der Waals surface area contributed by atoms with Crippen molar-refractivity contribution in [2.45, 2.75) is 26.3 Å². The van der Waals surface area contributed by atoms with Crippen molar-refractivity contribution in [2.24, 2.45) is 0 Å². The summed E-state index contributed by atoms with van der Waals surface area (Å²) in [6.45, 7) is 3.94. The van der Waals surface area contributed by atoms with Gasteiger partial charge in [0.05, 0.1) is 11.0 Å². The molecule has 0 saturated heterocycles. The van der Waals surface area contributed by atoms with Gasteiger partial charge in [-0.3, -0.25) is 14.9 Å². The molecule has 0 fully saturated rings. The summed E-state index contributed by atoms with van der Waals surface area (Å²) >= 11 is 6.67. The number of carbonyl (C=O) groups is 1. The number of rotatable bonds is 5. The zero-order valence-corrected chi connectivity index (χ0v) is 13.7. The van der Waals surface area contributed by atoms with E-state index in [2.05, 4.69) is 12.2 Å². The van der Waals surface area contributed by atoms with Gasteiger partial charge in [-0.15, -0.1) is 11.3 Å². The standard InChI is InChI=1S/C15H15ClN2O3S/c1-3-10-4-6-11(7-5-10)9(2)17-15(19)13-8-12(18(20)21)14(16)22-13/h4-9H,3H2,1-2H3,(H,17,19). The van der Waals surface area contributed by atoms with E-state index in [4.69, 9.17) is 11.6 Å². The Balaban J connectivity index is 2.10. The molecule has 0 spiro atoms. The minimum absolute atomic E-state index is 0.00935. The van der Waals surface area contributed by atoms with E-state index in [9.17, 15) is 14.9 Å². The van der Waals surface area contributed by atoms with Crippen LogP contribution in [0.15, 0.2) is 30.3 Å². The largest absolute Gasteiger partial charge is 0.345 e. The first kappa shape index (κ1) is 16.5. The molecule has 1 atom stereocenters. The predicted molar refractivity (Wildman–Crippen MR) is 87.7 cm³/mol. The molecule has 0 bridgehead atoms. The SMILES string of the molecule is CCc1ccc(C(C)NC(=O)c2cc([N+](=O)[O-])c(Cl)s2)cc1. The first-order chi connectivity index (χ1) is 10.4. The molecule has 7 heteroatoms. The molecule has 0 aliphatic carbocycles. The second-order valence-electron chi connectivity index (χ2n) is 4.82. The van der Waals surface area contributed by atoms with E-state index in [0.29, 0.717) is 0 Å². The van der Waals surface area contributed by atoms with Crippen LogP contribution in [-0.4, -0.2) is 10.8 Å². The van der Waals surface area contributed by atoms with Gasteiger partial charge in [0.15, 0.2) is 4.34 Å². The number of nitrogens with zero attached hydrogens (tertiary/aromatic N) is 1. The second-order valence-corrected chi connectivity index (χ2v) is 6.47. The predicted octanol–water partition coefficient (Wildman–Crippen LogP) is 4.36. The minimum Gasteiger partial charge on any atom is -0.345 e. The molecule has 5 nitrogen and oxygen atoms in total. The normalized spacial score (nSPS) is 12.0. The van der Waals surface area contributed by atoms with E-state index in [-0.39, 0.29) is 26.8 Å². The van der Waals surface area contributed by atoms with Gasteiger partial charge in [0.2, 0.25) is 0 Å². The van der Waals surface area contributed by atoms with Crippen LogP contribution < -0.4 is 5.32 Å². The van der Waals surface area contributed by atoms with Gasteiger partial charge >= 0.3 is 0 Å². The van der Waals surface area contributed by atoms with Crippen molar-refractivity contribution >= 4 is 34.5 Å². The molecular weight excluding hydrogens is 324 g/mol. The van der Waals surface area contributed by atoms with E-state index in [1.54, 1.807) is 0 Å². The third-order valence-electron chi connectivity index (χ3n) is 3.32. The lowest BCUT2D eigenvalue weighted by Crippen LogP contribution is -2.25. The fourth-order valence-electron chi connectivity index (χ4n) is 1.99. The second kappa shape index (κ2) is 6.89. The maximum absolute atomic E-state index is 12.2. The Kier molecular flexibility index (Phi) is 5.15. The molecule has 2 aromatic rings. The average Bonchev–Trinajstić information content (AvgIpc) is 2.89. The maximum atomic E-state index is 12.2. The number of hydrogen-bond donors (Lipinski definition) is 1. The molecule has 0 aliphatic rings. The topological polar surface area (TPSA) is 72.2 Å². The number of amides is 1. The van der Waals surface area contributed by atoms with Gasteiger partial charge in [0.1, 0.15) is 4.88 Å². The summed E-state index contributed by atoms with van der Waals surface area (Å²) in [4.78, 5) is 22.6. The van der Waals surface area contributed by atoms with Crippen molar-refractivity contribution in [2.75, 3.05) is 0 Å². The summed E-state index contributed by atoms with van der Waals surface area (Å²) in [6.07, 6.45) is 0.957. The molecule has 1 unspecified atom stereocenters. The first-order valence-electron chi connectivity index (χ1n) is 6.75. The molecule has 0 saturated carbocycles. The van der Waals surface area contributed by atoms with E-state index in [1.807, 2.05) is 31.2 Å². The van der Waals surface area contributed by atoms with E-state index >= 15 is 0 Å². The molecule has 1 aromatic heterocycles. The Hall–Kier alpha value is -1.92. The third kappa shape index (κ3) is 3.64. The van der Waals surface area contributed by atoms with Crippen molar-refractivity contribution in [3.05, 3.63) is 60.8 Å². The molecule has 1 aromatic carbocycles. The van der Waals surface area contributed by atoms with Gasteiger partial charge in [-0.1, -0.05) is 42.8 Å². The van der Waals surface area contributed by atoms with Crippen LogP contribution in [0.2, 0.25) is 4.34 Å². The maximum Gasteiger partial charge on any atom is 0.299 e. The number of carbonyl (C=O) groups excluding carboxylic acids is 1. The number of nitrogens with one attached hydrogen (secondary N) is 1. The number of aryl methyl sites for hydroxylation is 1. The Bertz CT molecular complexity index is 697. The van der Waals surface area contributed by atoms with Gasteiger partial charge < -0.3 is 5.32 Å². The van der Waals surface area contributed by atoms with Crippen LogP contribution in [0.25, 0.3) is 0 Å². The lowest BCUT2D eigenvalue weighted by molar-refractivity contribution is -0.384. The van der Waals surface area contributed by atoms with Crippen LogP contribution in [0.4, 0.5) is 5.69 Å². The van der Waals surface area contributed by atoms with Crippen molar-refractivity contribution in [3.63, 3.8) is 0 Å².